The molecular weight excluding hydrogens is 228 g/mol. The van der Waals surface area contributed by atoms with Crippen LogP contribution in [0.1, 0.15) is 22.0 Å². The van der Waals surface area contributed by atoms with E-state index in [0.717, 1.165) is 5.56 Å². The maximum absolute atomic E-state index is 12.1. The Hall–Kier alpha value is -2.13. The molecule has 0 bridgehead atoms. The van der Waals surface area contributed by atoms with Crippen molar-refractivity contribution in [3.63, 3.8) is 0 Å². The monoisotopic (exact) mass is 240 g/mol. The number of hydrogen-bond acceptors (Lipinski definition) is 3. The number of phenols is 1. The quantitative estimate of drug-likeness (QED) is 0.663. The Balaban J connectivity index is 1.80. The lowest BCUT2D eigenvalue weighted by atomic mass is 10.0. The number of carbonyl (C=O) groups is 1. The number of epoxide rings is 1. The van der Waals surface area contributed by atoms with Gasteiger partial charge in [0.15, 0.2) is 11.9 Å². The van der Waals surface area contributed by atoms with Gasteiger partial charge in [-0.15, -0.1) is 0 Å². The van der Waals surface area contributed by atoms with Crippen molar-refractivity contribution in [2.45, 2.75) is 12.2 Å². The van der Waals surface area contributed by atoms with Gasteiger partial charge < -0.3 is 9.84 Å². The number of aromatic hydroxyl groups is 1. The van der Waals surface area contributed by atoms with Gasteiger partial charge in [0.05, 0.1) is 5.56 Å². The zero-order valence-corrected chi connectivity index (χ0v) is 9.61. The number of ketones is 1. The van der Waals surface area contributed by atoms with Crippen LogP contribution < -0.4 is 0 Å². The summed E-state index contributed by atoms with van der Waals surface area (Å²) in [5.41, 5.74) is 1.31. The highest BCUT2D eigenvalue weighted by Gasteiger charge is 2.46. The molecule has 2 aromatic carbocycles. The third-order valence-corrected chi connectivity index (χ3v) is 3.05. The number of phenolic OH excluding ortho intramolecular Hbond substituents is 1. The van der Waals surface area contributed by atoms with Crippen molar-refractivity contribution in [3.05, 3.63) is 65.7 Å². The van der Waals surface area contributed by atoms with Crippen molar-refractivity contribution >= 4 is 5.78 Å². The molecular formula is C15H12O3. The summed E-state index contributed by atoms with van der Waals surface area (Å²) in [4.78, 5) is 12.1. The molecule has 90 valence electrons. The normalized spacial score (nSPS) is 21.6. The van der Waals surface area contributed by atoms with E-state index < -0.39 is 6.10 Å². The van der Waals surface area contributed by atoms with E-state index in [9.17, 15) is 9.90 Å². The fourth-order valence-electron chi connectivity index (χ4n) is 2.04. The van der Waals surface area contributed by atoms with Gasteiger partial charge in [-0.05, 0) is 17.7 Å². The van der Waals surface area contributed by atoms with Gasteiger partial charge in [-0.25, -0.2) is 0 Å². The van der Waals surface area contributed by atoms with Crippen LogP contribution in [0.3, 0.4) is 0 Å². The second kappa shape index (κ2) is 4.27. The predicted molar refractivity (Wildman–Crippen MR) is 66.5 cm³/mol. The van der Waals surface area contributed by atoms with Crippen molar-refractivity contribution in [2.75, 3.05) is 0 Å². The first kappa shape index (κ1) is 11.0. The number of ether oxygens (including phenoxy) is 1. The summed E-state index contributed by atoms with van der Waals surface area (Å²) in [5, 5.41) is 9.64. The molecule has 2 atom stereocenters. The van der Waals surface area contributed by atoms with E-state index in [2.05, 4.69) is 0 Å². The van der Waals surface area contributed by atoms with Crippen molar-refractivity contribution in [3.8, 4) is 5.75 Å². The number of para-hydroxylation sites is 1. The average molecular weight is 240 g/mol. The van der Waals surface area contributed by atoms with Gasteiger partial charge in [-0.2, -0.15) is 0 Å². The summed E-state index contributed by atoms with van der Waals surface area (Å²) < 4.78 is 5.41. The molecule has 3 nitrogen and oxygen atoms in total. The average Bonchev–Trinajstić information content (AvgIpc) is 3.20. The molecule has 1 aliphatic heterocycles. The molecule has 18 heavy (non-hydrogen) atoms. The Kier molecular flexibility index (Phi) is 2.61. The van der Waals surface area contributed by atoms with E-state index in [1.165, 1.54) is 6.07 Å². The molecule has 1 heterocycles. The number of carbonyl (C=O) groups excluding carboxylic acids is 1. The third-order valence-electron chi connectivity index (χ3n) is 3.05. The van der Waals surface area contributed by atoms with Crippen LogP contribution in [-0.2, 0) is 4.74 Å². The summed E-state index contributed by atoms with van der Waals surface area (Å²) in [7, 11) is 0. The molecule has 0 saturated carbocycles. The van der Waals surface area contributed by atoms with Crippen LogP contribution in [0, 0.1) is 0 Å². The lowest BCUT2D eigenvalue weighted by molar-refractivity contribution is 0.0951. The lowest BCUT2D eigenvalue weighted by Gasteiger charge is -2.00. The Morgan fingerprint density at radius 1 is 1.00 bits per heavy atom. The highest BCUT2D eigenvalue weighted by molar-refractivity contribution is 6.03. The highest BCUT2D eigenvalue weighted by Crippen LogP contribution is 2.41. The Morgan fingerprint density at radius 3 is 2.39 bits per heavy atom. The summed E-state index contributed by atoms with van der Waals surface area (Å²) in [6, 6.07) is 16.2. The van der Waals surface area contributed by atoms with Crippen LogP contribution in [0.25, 0.3) is 0 Å². The fourth-order valence-corrected chi connectivity index (χ4v) is 2.04. The van der Waals surface area contributed by atoms with E-state index in [0.29, 0.717) is 5.56 Å². The van der Waals surface area contributed by atoms with Crippen LogP contribution in [0.5, 0.6) is 5.75 Å². The van der Waals surface area contributed by atoms with Crippen LogP contribution in [0.15, 0.2) is 54.6 Å². The topological polar surface area (TPSA) is 49.8 Å². The number of rotatable bonds is 3. The number of Topliss-reactive ketones (excluding diaryl/α,β-unsaturated/α-hetero) is 1. The first-order chi connectivity index (χ1) is 8.77. The van der Waals surface area contributed by atoms with Gasteiger partial charge in [0.2, 0.25) is 0 Å². The first-order valence-corrected chi connectivity index (χ1v) is 5.80. The minimum Gasteiger partial charge on any atom is -0.507 e. The molecule has 1 saturated heterocycles. The highest BCUT2D eigenvalue weighted by atomic mass is 16.6. The third kappa shape index (κ3) is 1.89. The summed E-state index contributed by atoms with van der Waals surface area (Å²) >= 11 is 0. The van der Waals surface area contributed by atoms with Crippen molar-refractivity contribution in [1.82, 2.24) is 0 Å². The van der Waals surface area contributed by atoms with E-state index in [1.807, 2.05) is 30.3 Å². The predicted octanol–water partition coefficient (Wildman–Crippen LogP) is 2.72. The summed E-state index contributed by atoms with van der Waals surface area (Å²) in [6.45, 7) is 0. The Bertz CT molecular complexity index is 577. The minimum atomic E-state index is -0.472. The zero-order chi connectivity index (χ0) is 12.5. The van der Waals surface area contributed by atoms with E-state index in [-0.39, 0.29) is 17.6 Å². The SMILES string of the molecule is O=C(c1ccccc1O)C1OC1c1ccccc1. The van der Waals surface area contributed by atoms with Crippen LogP contribution in [0.4, 0.5) is 0 Å². The summed E-state index contributed by atoms with van der Waals surface area (Å²) in [5.74, 6) is -0.160. The van der Waals surface area contributed by atoms with Crippen molar-refractivity contribution in [1.29, 1.82) is 0 Å². The minimum absolute atomic E-state index is 0.00446. The van der Waals surface area contributed by atoms with Crippen LogP contribution >= 0.6 is 0 Å². The fraction of sp³-hybridized carbons (Fsp3) is 0.133. The molecule has 2 aromatic rings. The second-order valence-electron chi connectivity index (χ2n) is 4.27. The molecule has 3 rings (SSSR count). The maximum atomic E-state index is 12.1. The maximum Gasteiger partial charge on any atom is 0.198 e. The molecule has 2 unspecified atom stereocenters. The Morgan fingerprint density at radius 2 is 1.67 bits per heavy atom. The van der Waals surface area contributed by atoms with Crippen molar-refractivity contribution < 1.29 is 14.6 Å². The molecule has 0 aromatic heterocycles. The van der Waals surface area contributed by atoms with Gasteiger partial charge in [-0.1, -0.05) is 42.5 Å². The molecule has 0 radical (unpaired) electrons. The van der Waals surface area contributed by atoms with Crippen LogP contribution in [0.2, 0.25) is 0 Å². The standard InChI is InChI=1S/C15H12O3/c16-12-9-5-4-8-11(12)13(17)15-14(18-15)10-6-2-1-3-7-10/h1-9,14-16H. The van der Waals surface area contributed by atoms with E-state index in [4.69, 9.17) is 4.74 Å². The number of benzene rings is 2. The largest absolute Gasteiger partial charge is 0.507 e. The lowest BCUT2D eigenvalue weighted by Crippen LogP contribution is -2.08. The molecule has 3 heteroatoms. The summed E-state index contributed by atoms with van der Waals surface area (Å²) in [6.07, 6.45) is -0.654. The Labute approximate surface area is 105 Å². The smallest absolute Gasteiger partial charge is 0.198 e. The zero-order valence-electron chi connectivity index (χ0n) is 9.61. The molecule has 1 N–H and O–H groups in total. The van der Waals surface area contributed by atoms with Gasteiger partial charge >= 0.3 is 0 Å². The molecule has 0 aliphatic carbocycles. The molecule has 1 aliphatic rings. The molecule has 1 fully saturated rings. The van der Waals surface area contributed by atoms with E-state index in [1.54, 1.807) is 18.2 Å². The van der Waals surface area contributed by atoms with Gasteiger partial charge in [0, 0.05) is 0 Å². The molecule has 0 spiro atoms. The number of hydrogen-bond donors (Lipinski definition) is 1. The van der Waals surface area contributed by atoms with Crippen LogP contribution in [-0.4, -0.2) is 17.0 Å². The van der Waals surface area contributed by atoms with Crippen molar-refractivity contribution in [2.24, 2.45) is 0 Å². The second-order valence-corrected chi connectivity index (χ2v) is 4.27. The van der Waals surface area contributed by atoms with Gasteiger partial charge in [-0.3, -0.25) is 4.79 Å². The van der Waals surface area contributed by atoms with E-state index >= 15 is 0 Å². The van der Waals surface area contributed by atoms with Gasteiger partial charge in [0.1, 0.15) is 11.9 Å². The van der Waals surface area contributed by atoms with Gasteiger partial charge in [0.25, 0.3) is 0 Å². The first-order valence-electron chi connectivity index (χ1n) is 5.80. The molecule has 0 amide bonds.